The zero-order valence-corrected chi connectivity index (χ0v) is 11.0. The highest BCUT2D eigenvalue weighted by Gasteiger charge is 2.13. The van der Waals surface area contributed by atoms with Crippen molar-refractivity contribution >= 4 is 23.4 Å². The lowest BCUT2D eigenvalue weighted by Crippen LogP contribution is -2.26. The van der Waals surface area contributed by atoms with Gasteiger partial charge >= 0.3 is 0 Å². The second kappa shape index (κ2) is 6.53. The van der Waals surface area contributed by atoms with Crippen molar-refractivity contribution < 1.29 is 0 Å². The quantitative estimate of drug-likeness (QED) is 0.880. The molecule has 0 radical (unpaired) electrons. The summed E-state index contributed by atoms with van der Waals surface area (Å²) in [6, 6.07) is 8.05. The summed E-state index contributed by atoms with van der Waals surface area (Å²) in [7, 11) is 0. The van der Waals surface area contributed by atoms with Gasteiger partial charge in [-0.15, -0.1) is 0 Å². The van der Waals surface area contributed by atoms with Crippen molar-refractivity contribution in [2.45, 2.75) is 31.1 Å². The van der Waals surface area contributed by atoms with E-state index in [-0.39, 0.29) is 0 Å². The molecule has 1 aliphatic rings. The maximum absolute atomic E-state index is 6.10. The van der Waals surface area contributed by atoms with Gasteiger partial charge in [-0.1, -0.05) is 36.2 Å². The molecule has 1 aromatic rings. The average Bonchev–Trinajstić information content (AvgIpc) is 2.33. The fraction of sp³-hybridized carbons (Fsp3) is 0.538. The van der Waals surface area contributed by atoms with Gasteiger partial charge in [0.25, 0.3) is 0 Å². The zero-order valence-electron chi connectivity index (χ0n) is 9.42. The Balaban J connectivity index is 1.73. The maximum Gasteiger partial charge on any atom is 0.0450 e. The minimum Gasteiger partial charge on any atom is -0.312 e. The number of hydrogen-bond acceptors (Lipinski definition) is 2. The molecule has 0 bridgehead atoms. The molecule has 1 aromatic carbocycles. The van der Waals surface area contributed by atoms with Crippen LogP contribution in [0.15, 0.2) is 24.3 Å². The second-order valence-corrected chi connectivity index (χ2v) is 6.03. The Kier molecular flexibility index (Phi) is 5.01. The van der Waals surface area contributed by atoms with Crippen LogP contribution in [0.4, 0.5) is 0 Å². The molecule has 0 saturated carbocycles. The van der Waals surface area contributed by atoms with Gasteiger partial charge in [-0.25, -0.2) is 0 Å². The van der Waals surface area contributed by atoms with Crippen LogP contribution in [-0.4, -0.2) is 17.5 Å². The van der Waals surface area contributed by atoms with E-state index in [1.54, 1.807) is 0 Å². The van der Waals surface area contributed by atoms with Gasteiger partial charge < -0.3 is 5.32 Å². The van der Waals surface area contributed by atoms with Crippen LogP contribution in [0, 0.1) is 0 Å². The summed E-state index contributed by atoms with van der Waals surface area (Å²) in [6.07, 6.45) is 4.15. The van der Waals surface area contributed by atoms with E-state index in [0.717, 1.165) is 23.4 Å². The fourth-order valence-electron chi connectivity index (χ4n) is 1.98. The van der Waals surface area contributed by atoms with Gasteiger partial charge in [0.1, 0.15) is 0 Å². The largest absolute Gasteiger partial charge is 0.312 e. The number of rotatable bonds is 4. The Bertz CT molecular complexity index is 323. The molecule has 0 aromatic heterocycles. The molecule has 1 unspecified atom stereocenters. The second-order valence-electron chi connectivity index (χ2n) is 4.21. The predicted molar refractivity (Wildman–Crippen MR) is 73.3 cm³/mol. The van der Waals surface area contributed by atoms with Crippen LogP contribution in [0.5, 0.6) is 0 Å². The first-order chi connectivity index (χ1) is 7.86. The van der Waals surface area contributed by atoms with E-state index in [4.69, 9.17) is 11.6 Å². The average molecular weight is 256 g/mol. The Hall–Kier alpha value is -0.180. The molecule has 88 valence electrons. The summed E-state index contributed by atoms with van der Waals surface area (Å²) in [5.41, 5.74) is 1.20. The summed E-state index contributed by atoms with van der Waals surface area (Å²) in [6.45, 7) is 1.99. The molecular formula is C13H18ClNS. The van der Waals surface area contributed by atoms with Gasteiger partial charge in [-0.3, -0.25) is 0 Å². The highest BCUT2D eigenvalue weighted by atomic mass is 35.5. The lowest BCUT2D eigenvalue weighted by molar-refractivity contribution is 0.598. The van der Waals surface area contributed by atoms with Crippen molar-refractivity contribution in [3.8, 4) is 0 Å². The molecule has 1 fully saturated rings. The minimum atomic E-state index is 0.802. The van der Waals surface area contributed by atoms with Crippen molar-refractivity contribution in [1.29, 1.82) is 0 Å². The molecule has 1 nitrogen and oxygen atoms in total. The van der Waals surface area contributed by atoms with Crippen LogP contribution in [-0.2, 0) is 6.54 Å². The van der Waals surface area contributed by atoms with Crippen LogP contribution in [0.2, 0.25) is 5.02 Å². The first-order valence-electron chi connectivity index (χ1n) is 5.92. The third kappa shape index (κ3) is 3.69. The number of hydrogen-bond donors (Lipinski definition) is 1. The molecule has 0 spiro atoms. The molecule has 2 rings (SSSR count). The molecule has 0 aliphatic carbocycles. The van der Waals surface area contributed by atoms with Gasteiger partial charge in [0.15, 0.2) is 0 Å². The van der Waals surface area contributed by atoms with E-state index in [1.807, 2.05) is 18.2 Å². The minimum absolute atomic E-state index is 0.802. The molecule has 1 N–H and O–H groups in total. The van der Waals surface area contributed by atoms with Gasteiger partial charge in [0.2, 0.25) is 0 Å². The zero-order chi connectivity index (χ0) is 11.2. The molecule has 1 aliphatic heterocycles. The number of benzene rings is 1. The van der Waals surface area contributed by atoms with Gasteiger partial charge in [0, 0.05) is 23.4 Å². The number of halogens is 1. The summed E-state index contributed by atoms with van der Waals surface area (Å²) < 4.78 is 0. The third-order valence-electron chi connectivity index (χ3n) is 2.92. The Morgan fingerprint density at radius 3 is 2.94 bits per heavy atom. The Labute approximate surface area is 107 Å². The lowest BCUT2D eigenvalue weighted by Gasteiger charge is -2.21. The van der Waals surface area contributed by atoms with Gasteiger partial charge in [0.05, 0.1) is 0 Å². The smallest absolute Gasteiger partial charge is 0.0450 e. The van der Waals surface area contributed by atoms with Crippen LogP contribution in [0.1, 0.15) is 24.8 Å². The summed E-state index contributed by atoms with van der Waals surface area (Å²) in [4.78, 5) is 0. The van der Waals surface area contributed by atoms with Crippen LogP contribution in [0.3, 0.4) is 0 Å². The van der Waals surface area contributed by atoms with Crippen molar-refractivity contribution in [2.24, 2.45) is 0 Å². The molecule has 1 atom stereocenters. The van der Waals surface area contributed by atoms with Crippen molar-refractivity contribution in [3.05, 3.63) is 34.9 Å². The van der Waals surface area contributed by atoms with Crippen LogP contribution < -0.4 is 5.32 Å². The third-order valence-corrected chi connectivity index (χ3v) is 4.69. The van der Waals surface area contributed by atoms with E-state index >= 15 is 0 Å². The van der Waals surface area contributed by atoms with Crippen molar-refractivity contribution in [2.75, 3.05) is 12.3 Å². The topological polar surface area (TPSA) is 12.0 Å². The van der Waals surface area contributed by atoms with E-state index < -0.39 is 0 Å². The lowest BCUT2D eigenvalue weighted by atomic mass is 10.2. The highest BCUT2D eigenvalue weighted by molar-refractivity contribution is 7.99. The summed E-state index contributed by atoms with van der Waals surface area (Å²) in [5.74, 6) is 1.33. The van der Waals surface area contributed by atoms with Crippen LogP contribution in [0.25, 0.3) is 0 Å². The predicted octanol–water partition coefficient (Wildman–Crippen LogP) is 3.72. The standard InChI is InChI=1S/C13H18ClNS/c14-13-7-2-1-5-11(13)9-15-10-12-6-3-4-8-16-12/h1-2,5,7,12,15H,3-4,6,8-10H2. The van der Waals surface area contributed by atoms with Crippen LogP contribution >= 0.6 is 23.4 Å². The monoisotopic (exact) mass is 255 g/mol. The Morgan fingerprint density at radius 1 is 1.31 bits per heavy atom. The van der Waals surface area contributed by atoms with Crippen molar-refractivity contribution in [3.63, 3.8) is 0 Å². The number of nitrogens with one attached hydrogen (secondary N) is 1. The fourth-order valence-corrected chi connectivity index (χ4v) is 3.45. The normalized spacial score (nSPS) is 20.9. The first-order valence-corrected chi connectivity index (χ1v) is 7.34. The SMILES string of the molecule is Clc1ccccc1CNCC1CCCCS1. The molecule has 0 amide bonds. The van der Waals surface area contributed by atoms with E-state index in [2.05, 4.69) is 23.1 Å². The molecule has 1 heterocycles. The molecular weight excluding hydrogens is 238 g/mol. The van der Waals surface area contributed by atoms with Crippen molar-refractivity contribution in [1.82, 2.24) is 5.32 Å². The van der Waals surface area contributed by atoms with E-state index in [0.29, 0.717) is 0 Å². The Morgan fingerprint density at radius 2 is 2.19 bits per heavy atom. The van der Waals surface area contributed by atoms with Gasteiger partial charge in [-0.2, -0.15) is 11.8 Å². The maximum atomic E-state index is 6.10. The molecule has 3 heteroatoms. The summed E-state index contributed by atoms with van der Waals surface area (Å²) in [5, 5.41) is 5.18. The highest BCUT2D eigenvalue weighted by Crippen LogP contribution is 2.24. The van der Waals surface area contributed by atoms with Gasteiger partial charge in [-0.05, 0) is 30.2 Å². The van der Waals surface area contributed by atoms with E-state index in [1.165, 1.54) is 30.6 Å². The summed E-state index contributed by atoms with van der Waals surface area (Å²) >= 11 is 8.21. The van der Waals surface area contributed by atoms with E-state index in [9.17, 15) is 0 Å². The first kappa shape index (κ1) is 12.3. The molecule has 1 saturated heterocycles. The number of thioether (sulfide) groups is 1. The molecule has 16 heavy (non-hydrogen) atoms.